The number of hydrogen-bond donors (Lipinski definition) is 0. The zero-order valence-corrected chi connectivity index (χ0v) is 9.89. The first-order valence-corrected chi connectivity index (χ1v) is 5.30. The highest BCUT2D eigenvalue weighted by Gasteiger charge is 2.06. The summed E-state index contributed by atoms with van der Waals surface area (Å²) < 4.78 is 0. The second-order valence-corrected chi connectivity index (χ2v) is 3.86. The summed E-state index contributed by atoms with van der Waals surface area (Å²) in [5, 5.41) is 9.21. The lowest BCUT2D eigenvalue weighted by Gasteiger charge is -2.16. The van der Waals surface area contributed by atoms with Crippen LogP contribution >= 0.6 is 11.6 Å². The molecule has 84 valence electrons. The lowest BCUT2D eigenvalue weighted by atomic mass is 10.2. The molecule has 1 aromatic heterocycles. The first-order chi connectivity index (χ1) is 8.20. The van der Waals surface area contributed by atoms with Crippen molar-refractivity contribution in [1.82, 2.24) is 9.97 Å². The summed E-state index contributed by atoms with van der Waals surface area (Å²) in [7, 11) is 1.85. The van der Waals surface area contributed by atoms with Gasteiger partial charge in [-0.3, -0.25) is 0 Å². The van der Waals surface area contributed by atoms with Crippen molar-refractivity contribution in [2.75, 3.05) is 11.9 Å². The molecule has 0 saturated heterocycles. The fourth-order valence-corrected chi connectivity index (χ4v) is 1.45. The van der Waals surface area contributed by atoms with Gasteiger partial charge >= 0.3 is 0 Å². The largest absolute Gasteiger partial charge is 0.314 e. The fraction of sp³-hybridized carbons (Fsp3) is 0.0833. The molecule has 0 radical (unpaired) electrons. The SMILES string of the molecule is CN(c1ccc(C#N)cc1)c1ncc(Cl)cn1. The van der Waals surface area contributed by atoms with Gasteiger partial charge in [0.25, 0.3) is 0 Å². The molecule has 0 amide bonds. The Labute approximate surface area is 104 Å². The normalized spacial score (nSPS) is 9.71. The van der Waals surface area contributed by atoms with Crippen LogP contribution in [0.4, 0.5) is 11.6 Å². The molecule has 1 heterocycles. The molecule has 0 N–H and O–H groups in total. The van der Waals surface area contributed by atoms with Gasteiger partial charge in [-0.1, -0.05) is 11.6 Å². The molecular weight excluding hydrogens is 236 g/mol. The molecule has 2 rings (SSSR count). The summed E-state index contributed by atoms with van der Waals surface area (Å²) >= 11 is 5.72. The first kappa shape index (κ1) is 11.4. The molecular formula is C12H9ClN4. The van der Waals surface area contributed by atoms with Crippen LogP contribution in [0.3, 0.4) is 0 Å². The maximum absolute atomic E-state index is 8.71. The number of benzene rings is 1. The Bertz CT molecular complexity index is 542. The Morgan fingerprint density at radius 1 is 1.18 bits per heavy atom. The van der Waals surface area contributed by atoms with Crippen LogP contribution in [-0.4, -0.2) is 17.0 Å². The van der Waals surface area contributed by atoms with Gasteiger partial charge in [0, 0.05) is 12.7 Å². The Morgan fingerprint density at radius 2 is 1.76 bits per heavy atom. The standard InChI is InChI=1S/C12H9ClN4/c1-17(12-15-7-10(13)8-16-12)11-4-2-9(6-14)3-5-11/h2-5,7-8H,1H3. The molecule has 0 aliphatic heterocycles. The Balaban J connectivity index is 2.27. The van der Waals surface area contributed by atoms with E-state index >= 15 is 0 Å². The maximum atomic E-state index is 8.71. The van der Waals surface area contributed by atoms with E-state index in [1.165, 1.54) is 0 Å². The van der Waals surface area contributed by atoms with E-state index in [2.05, 4.69) is 16.0 Å². The van der Waals surface area contributed by atoms with Gasteiger partial charge in [-0.05, 0) is 24.3 Å². The van der Waals surface area contributed by atoms with Gasteiger partial charge in [-0.2, -0.15) is 5.26 Å². The third kappa shape index (κ3) is 2.52. The number of nitriles is 1. The minimum absolute atomic E-state index is 0.502. The second kappa shape index (κ2) is 4.81. The number of hydrogen-bond acceptors (Lipinski definition) is 4. The molecule has 4 nitrogen and oxygen atoms in total. The summed E-state index contributed by atoms with van der Waals surface area (Å²) in [6.07, 6.45) is 3.09. The first-order valence-electron chi connectivity index (χ1n) is 4.92. The van der Waals surface area contributed by atoms with Crippen LogP contribution in [0.5, 0.6) is 0 Å². The summed E-state index contributed by atoms with van der Waals surface area (Å²) in [4.78, 5) is 10.0. The Morgan fingerprint density at radius 3 is 2.29 bits per heavy atom. The van der Waals surface area contributed by atoms with Crippen molar-refractivity contribution in [1.29, 1.82) is 5.26 Å². The van der Waals surface area contributed by atoms with Gasteiger partial charge in [0.05, 0.1) is 29.0 Å². The summed E-state index contributed by atoms with van der Waals surface area (Å²) in [5.41, 5.74) is 1.53. The average molecular weight is 245 g/mol. The van der Waals surface area contributed by atoms with Crippen molar-refractivity contribution < 1.29 is 0 Å². The van der Waals surface area contributed by atoms with E-state index in [1.807, 2.05) is 24.1 Å². The van der Waals surface area contributed by atoms with E-state index in [4.69, 9.17) is 16.9 Å². The van der Waals surface area contributed by atoms with E-state index in [1.54, 1.807) is 24.5 Å². The van der Waals surface area contributed by atoms with Crippen LogP contribution in [0, 0.1) is 11.3 Å². The Kier molecular flexibility index (Phi) is 3.22. The minimum Gasteiger partial charge on any atom is -0.314 e. The molecule has 0 unspecified atom stereocenters. The van der Waals surface area contributed by atoms with Gasteiger partial charge < -0.3 is 4.90 Å². The van der Waals surface area contributed by atoms with Crippen molar-refractivity contribution in [3.05, 3.63) is 47.2 Å². The molecule has 0 atom stereocenters. The van der Waals surface area contributed by atoms with E-state index in [-0.39, 0.29) is 0 Å². The third-order valence-electron chi connectivity index (χ3n) is 2.29. The lowest BCUT2D eigenvalue weighted by molar-refractivity contribution is 1.04. The van der Waals surface area contributed by atoms with Crippen LogP contribution in [0.15, 0.2) is 36.7 Å². The fourth-order valence-electron chi connectivity index (χ4n) is 1.35. The molecule has 0 aliphatic carbocycles. The Hall–Kier alpha value is -2.12. The molecule has 2 aromatic rings. The summed E-state index contributed by atoms with van der Waals surface area (Å²) in [6, 6.07) is 9.26. The van der Waals surface area contributed by atoms with Crippen LogP contribution in [-0.2, 0) is 0 Å². The number of anilines is 2. The summed E-state index contributed by atoms with van der Waals surface area (Å²) in [5.74, 6) is 0.555. The van der Waals surface area contributed by atoms with E-state index in [9.17, 15) is 0 Å². The molecule has 0 bridgehead atoms. The number of halogens is 1. The van der Waals surface area contributed by atoms with E-state index < -0.39 is 0 Å². The van der Waals surface area contributed by atoms with Gasteiger partial charge in [0.2, 0.25) is 5.95 Å². The van der Waals surface area contributed by atoms with Crippen molar-refractivity contribution in [2.24, 2.45) is 0 Å². The summed E-state index contributed by atoms with van der Waals surface area (Å²) in [6.45, 7) is 0. The minimum atomic E-state index is 0.502. The van der Waals surface area contributed by atoms with Gasteiger partial charge in [0.1, 0.15) is 0 Å². The van der Waals surface area contributed by atoms with E-state index in [0.717, 1.165) is 5.69 Å². The highest BCUT2D eigenvalue weighted by atomic mass is 35.5. The highest BCUT2D eigenvalue weighted by Crippen LogP contribution is 2.20. The van der Waals surface area contributed by atoms with Crippen molar-refractivity contribution >= 4 is 23.2 Å². The van der Waals surface area contributed by atoms with Crippen molar-refractivity contribution in [3.63, 3.8) is 0 Å². The molecule has 0 aliphatic rings. The maximum Gasteiger partial charge on any atom is 0.229 e. The molecule has 5 heteroatoms. The highest BCUT2D eigenvalue weighted by molar-refractivity contribution is 6.30. The monoisotopic (exact) mass is 244 g/mol. The van der Waals surface area contributed by atoms with Crippen LogP contribution in [0.25, 0.3) is 0 Å². The molecule has 0 saturated carbocycles. The lowest BCUT2D eigenvalue weighted by Crippen LogP contribution is -2.12. The van der Waals surface area contributed by atoms with Gasteiger partial charge in [-0.15, -0.1) is 0 Å². The van der Waals surface area contributed by atoms with Gasteiger partial charge in [-0.25, -0.2) is 9.97 Å². The predicted molar refractivity (Wildman–Crippen MR) is 66.3 cm³/mol. The van der Waals surface area contributed by atoms with Crippen LogP contribution in [0.1, 0.15) is 5.56 Å². The van der Waals surface area contributed by atoms with Crippen LogP contribution in [0.2, 0.25) is 5.02 Å². The molecule has 0 spiro atoms. The van der Waals surface area contributed by atoms with Crippen molar-refractivity contribution in [2.45, 2.75) is 0 Å². The van der Waals surface area contributed by atoms with Gasteiger partial charge in [0.15, 0.2) is 0 Å². The van der Waals surface area contributed by atoms with Crippen molar-refractivity contribution in [3.8, 4) is 6.07 Å². The second-order valence-electron chi connectivity index (χ2n) is 3.42. The van der Waals surface area contributed by atoms with Crippen LogP contribution < -0.4 is 4.90 Å². The smallest absolute Gasteiger partial charge is 0.229 e. The molecule has 0 fully saturated rings. The topological polar surface area (TPSA) is 52.8 Å². The molecule has 17 heavy (non-hydrogen) atoms. The number of rotatable bonds is 2. The average Bonchev–Trinajstić information content (AvgIpc) is 2.39. The number of aromatic nitrogens is 2. The number of nitrogens with zero attached hydrogens (tertiary/aromatic N) is 4. The zero-order valence-electron chi connectivity index (χ0n) is 9.13. The van der Waals surface area contributed by atoms with E-state index in [0.29, 0.717) is 16.5 Å². The third-order valence-corrected chi connectivity index (χ3v) is 2.49. The predicted octanol–water partition coefficient (Wildman–Crippen LogP) is 2.77. The molecule has 1 aromatic carbocycles. The quantitative estimate of drug-likeness (QED) is 0.815. The zero-order chi connectivity index (χ0) is 12.3.